The normalized spacial score (nSPS) is 20.1. The molecule has 1 atom stereocenters. The third-order valence-electron chi connectivity index (χ3n) is 6.12. The van der Waals surface area contributed by atoms with E-state index in [-0.39, 0.29) is 24.3 Å². The molecule has 4 rings (SSSR count). The summed E-state index contributed by atoms with van der Waals surface area (Å²) in [5.74, 6) is -0.335. The van der Waals surface area contributed by atoms with E-state index >= 15 is 0 Å². The van der Waals surface area contributed by atoms with E-state index in [4.69, 9.17) is 0 Å². The highest BCUT2D eigenvalue weighted by Gasteiger charge is 2.42. The van der Waals surface area contributed by atoms with Gasteiger partial charge in [0.1, 0.15) is 0 Å². The highest BCUT2D eigenvalue weighted by atomic mass is 32.2. The molecule has 1 unspecified atom stereocenters. The molecule has 10 heteroatoms. The van der Waals surface area contributed by atoms with E-state index in [0.29, 0.717) is 40.8 Å². The number of rotatable bonds is 7. The first-order valence-electron chi connectivity index (χ1n) is 11.3. The van der Waals surface area contributed by atoms with Gasteiger partial charge in [0.15, 0.2) is 5.17 Å². The number of halogens is 3. The third-order valence-corrected chi connectivity index (χ3v) is 7.01. The molecule has 3 aliphatic rings. The number of likely N-dealkylation sites (N-methyl/N-ethyl adjacent to an activating group) is 1. The predicted molar refractivity (Wildman–Crippen MR) is 126 cm³/mol. The monoisotopic (exact) mass is 492 g/mol. The molecule has 2 aliphatic heterocycles. The molecule has 0 bridgehead atoms. The lowest BCUT2D eigenvalue weighted by Crippen LogP contribution is -2.42. The number of aliphatic imine (C=N–C) groups is 1. The Labute approximate surface area is 201 Å². The molecule has 2 heterocycles. The first kappa shape index (κ1) is 24.4. The zero-order valence-electron chi connectivity index (χ0n) is 19.3. The number of hydrogen-bond acceptors (Lipinski definition) is 5. The van der Waals surface area contributed by atoms with Crippen LogP contribution in [0, 0.1) is 0 Å². The average Bonchev–Trinajstić information content (AvgIpc) is 3.52. The molecule has 2 amide bonds. The van der Waals surface area contributed by atoms with E-state index in [2.05, 4.69) is 10.3 Å². The van der Waals surface area contributed by atoms with Crippen molar-refractivity contribution in [3.05, 3.63) is 57.8 Å². The van der Waals surface area contributed by atoms with Crippen molar-refractivity contribution in [1.82, 2.24) is 15.1 Å². The van der Waals surface area contributed by atoms with Crippen LogP contribution in [0.2, 0.25) is 0 Å². The summed E-state index contributed by atoms with van der Waals surface area (Å²) in [6, 6.07) is 4.40. The summed E-state index contributed by atoms with van der Waals surface area (Å²) in [6.45, 7) is 6.48. The zero-order chi connectivity index (χ0) is 24.6. The Hall–Kier alpha value is -2.75. The molecule has 1 N–H and O–H groups in total. The number of nitrogens with zero attached hydrogens (tertiary/aromatic N) is 3. The van der Waals surface area contributed by atoms with Crippen molar-refractivity contribution in [2.75, 3.05) is 13.1 Å². The minimum atomic E-state index is -4.46. The van der Waals surface area contributed by atoms with E-state index in [9.17, 15) is 22.8 Å². The summed E-state index contributed by atoms with van der Waals surface area (Å²) in [6.07, 6.45) is -2.42. The maximum Gasteiger partial charge on any atom is 0.416 e. The lowest BCUT2D eigenvalue weighted by Gasteiger charge is -2.38. The Morgan fingerprint density at radius 3 is 2.38 bits per heavy atom. The molecule has 0 spiro atoms. The maximum atomic E-state index is 13.5. The maximum absolute atomic E-state index is 13.5. The van der Waals surface area contributed by atoms with Crippen molar-refractivity contribution in [1.29, 1.82) is 0 Å². The van der Waals surface area contributed by atoms with Crippen molar-refractivity contribution in [3.63, 3.8) is 0 Å². The molecule has 1 aromatic carbocycles. The SMILES string of the molecule is CCN(CC)C(=O)C1=C(C)N=C2SC=C(CC(=O)NC3CC3)N2C1c1ccc(C(F)(F)F)cc1. The number of benzene rings is 1. The molecule has 1 saturated carbocycles. The van der Waals surface area contributed by atoms with Crippen LogP contribution < -0.4 is 5.32 Å². The lowest BCUT2D eigenvalue weighted by atomic mass is 9.92. The van der Waals surface area contributed by atoms with Gasteiger partial charge in [-0.25, -0.2) is 4.99 Å². The highest BCUT2D eigenvalue weighted by Crippen LogP contribution is 2.45. The van der Waals surface area contributed by atoms with Gasteiger partial charge in [0.25, 0.3) is 5.91 Å². The van der Waals surface area contributed by atoms with Crippen LogP contribution in [0.3, 0.4) is 0 Å². The van der Waals surface area contributed by atoms with Gasteiger partial charge in [-0.15, -0.1) is 0 Å². The number of allylic oxidation sites excluding steroid dienone is 1. The zero-order valence-corrected chi connectivity index (χ0v) is 20.1. The molecule has 0 radical (unpaired) electrons. The van der Waals surface area contributed by atoms with Crippen LogP contribution in [0.1, 0.15) is 57.2 Å². The summed E-state index contributed by atoms with van der Waals surface area (Å²) >= 11 is 1.35. The number of amidine groups is 1. The van der Waals surface area contributed by atoms with Crippen LogP contribution in [0.4, 0.5) is 13.2 Å². The fourth-order valence-corrected chi connectivity index (χ4v) is 5.13. The number of hydrogen-bond donors (Lipinski definition) is 1. The van der Waals surface area contributed by atoms with Crippen molar-refractivity contribution in [2.24, 2.45) is 4.99 Å². The van der Waals surface area contributed by atoms with Gasteiger partial charge in [-0.05, 0) is 56.7 Å². The van der Waals surface area contributed by atoms with Gasteiger partial charge < -0.3 is 15.1 Å². The van der Waals surface area contributed by atoms with E-state index < -0.39 is 17.8 Å². The Bertz CT molecular complexity index is 1070. The summed E-state index contributed by atoms with van der Waals surface area (Å²) in [5.41, 5.74) is 1.38. The summed E-state index contributed by atoms with van der Waals surface area (Å²) < 4.78 is 39.6. The second-order valence-corrected chi connectivity index (χ2v) is 9.35. The Morgan fingerprint density at radius 1 is 1.18 bits per heavy atom. The van der Waals surface area contributed by atoms with E-state index in [1.165, 1.54) is 23.9 Å². The van der Waals surface area contributed by atoms with Crippen LogP contribution in [-0.4, -0.2) is 45.9 Å². The molecule has 0 saturated heterocycles. The van der Waals surface area contributed by atoms with Crippen LogP contribution in [-0.2, 0) is 15.8 Å². The third kappa shape index (κ3) is 4.87. The van der Waals surface area contributed by atoms with Gasteiger partial charge in [-0.3, -0.25) is 9.59 Å². The largest absolute Gasteiger partial charge is 0.416 e. The Kier molecular flexibility index (Phi) is 6.80. The molecule has 1 aliphatic carbocycles. The number of thioether (sulfide) groups is 1. The predicted octanol–water partition coefficient (Wildman–Crippen LogP) is 4.82. The molecule has 0 aromatic heterocycles. The van der Waals surface area contributed by atoms with E-state index in [1.54, 1.807) is 11.8 Å². The van der Waals surface area contributed by atoms with Gasteiger partial charge in [-0.1, -0.05) is 23.9 Å². The summed E-state index contributed by atoms with van der Waals surface area (Å²) in [7, 11) is 0. The van der Waals surface area contributed by atoms with Crippen LogP contribution in [0.15, 0.2) is 51.6 Å². The fourth-order valence-electron chi connectivity index (χ4n) is 4.16. The molecule has 34 heavy (non-hydrogen) atoms. The van der Waals surface area contributed by atoms with Crippen LogP contribution >= 0.6 is 11.8 Å². The van der Waals surface area contributed by atoms with Crippen LogP contribution in [0.5, 0.6) is 0 Å². The summed E-state index contributed by atoms with van der Waals surface area (Å²) in [4.78, 5) is 34.2. The first-order chi connectivity index (χ1) is 16.1. The number of carbonyl (C=O) groups is 2. The number of amides is 2. The number of fused-ring (bicyclic) bond motifs is 1. The van der Waals surface area contributed by atoms with Gasteiger partial charge in [0, 0.05) is 24.8 Å². The quantitative estimate of drug-likeness (QED) is 0.593. The van der Waals surface area contributed by atoms with Gasteiger partial charge in [0.05, 0.1) is 29.3 Å². The minimum Gasteiger partial charge on any atom is -0.353 e. The van der Waals surface area contributed by atoms with Crippen molar-refractivity contribution in [2.45, 2.75) is 58.3 Å². The molecule has 1 aromatic rings. The van der Waals surface area contributed by atoms with E-state index in [1.807, 2.05) is 24.2 Å². The van der Waals surface area contributed by atoms with Crippen LogP contribution in [0.25, 0.3) is 0 Å². The summed E-state index contributed by atoms with van der Waals surface area (Å²) in [5, 5.41) is 5.40. The van der Waals surface area contributed by atoms with Crippen molar-refractivity contribution in [3.8, 4) is 0 Å². The Balaban J connectivity index is 1.74. The smallest absolute Gasteiger partial charge is 0.353 e. The second kappa shape index (κ2) is 9.48. The van der Waals surface area contributed by atoms with Gasteiger partial charge in [0.2, 0.25) is 5.91 Å². The van der Waals surface area contributed by atoms with Gasteiger partial charge >= 0.3 is 6.18 Å². The fraction of sp³-hybridized carbons (Fsp3) is 0.458. The van der Waals surface area contributed by atoms with Gasteiger partial charge in [-0.2, -0.15) is 13.2 Å². The molecule has 6 nitrogen and oxygen atoms in total. The molecular formula is C24H27F3N4O2S. The number of carbonyl (C=O) groups excluding carboxylic acids is 2. The van der Waals surface area contributed by atoms with E-state index in [0.717, 1.165) is 25.0 Å². The standard InChI is InChI=1S/C24H27F3N4O2S/c1-4-30(5-2)22(33)20-14(3)28-23-31(18(13-34-23)12-19(32)29-17-10-11-17)21(20)15-6-8-16(9-7-15)24(25,26)27/h6-9,13,17,21H,4-5,10-12H2,1-3H3,(H,29,32). The average molecular weight is 493 g/mol. The first-order valence-corrected chi connectivity index (χ1v) is 12.2. The minimum absolute atomic E-state index is 0.103. The second-order valence-electron chi connectivity index (χ2n) is 8.51. The topological polar surface area (TPSA) is 65.0 Å². The highest BCUT2D eigenvalue weighted by molar-refractivity contribution is 8.16. The van der Waals surface area contributed by atoms with Crippen molar-refractivity contribution >= 4 is 28.7 Å². The number of alkyl halides is 3. The number of nitrogens with one attached hydrogen (secondary N) is 1. The molecule has 1 fully saturated rings. The van der Waals surface area contributed by atoms with Crippen molar-refractivity contribution < 1.29 is 22.8 Å². The lowest BCUT2D eigenvalue weighted by molar-refractivity contribution is -0.137. The molecule has 182 valence electrons. The molecular weight excluding hydrogens is 465 g/mol. The Morgan fingerprint density at radius 2 is 1.82 bits per heavy atom.